The molecule has 4 nitrogen and oxygen atoms in total. The minimum atomic E-state index is -3.62. The number of nitrogens with one attached hydrogen (secondary N) is 1. The second-order valence-corrected chi connectivity index (χ2v) is 6.90. The number of sulfonamides is 1. The lowest BCUT2D eigenvalue weighted by Crippen LogP contribution is -2.33. The summed E-state index contributed by atoms with van der Waals surface area (Å²) in [5.74, 6) is 0. The van der Waals surface area contributed by atoms with Crippen molar-refractivity contribution in [3.63, 3.8) is 0 Å². The van der Waals surface area contributed by atoms with Crippen molar-refractivity contribution in [2.45, 2.75) is 56.0 Å². The first kappa shape index (κ1) is 14.5. The maximum absolute atomic E-state index is 11.4. The lowest BCUT2D eigenvalue weighted by atomic mass is 9.94. The van der Waals surface area contributed by atoms with Gasteiger partial charge in [-0.15, -0.1) is 0 Å². The van der Waals surface area contributed by atoms with Crippen LogP contribution < -0.4 is 10.5 Å². The number of primary sulfonamides is 1. The summed E-state index contributed by atoms with van der Waals surface area (Å²) in [6.07, 6.45) is 6.30. The van der Waals surface area contributed by atoms with Crippen molar-refractivity contribution in [2.24, 2.45) is 5.14 Å². The van der Waals surface area contributed by atoms with Gasteiger partial charge in [0.1, 0.15) is 0 Å². The smallest absolute Gasteiger partial charge is 0.238 e. The average Bonchev–Trinajstić information content (AvgIpc) is 2.39. The summed E-state index contributed by atoms with van der Waals surface area (Å²) in [6, 6.07) is 7.57. The van der Waals surface area contributed by atoms with Crippen molar-refractivity contribution >= 4 is 10.0 Å². The van der Waals surface area contributed by atoms with Crippen LogP contribution in [0.3, 0.4) is 0 Å². The molecule has 2 rings (SSSR count). The highest BCUT2D eigenvalue weighted by atomic mass is 32.2. The van der Waals surface area contributed by atoms with E-state index in [4.69, 9.17) is 5.14 Å². The van der Waals surface area contributed by atoms with Gasteiger partial charge in [0.2, 0.25) is 10.0 Å². The molecule has 0 saturated heterocycles. The molecule has 0 spiro atoms. The average molecular weight is 282 g/mol. The van der Waals surface area contributed by atoms with Crippen molar-refractivity contribution in [2.75, 3.05) is 0 Å². The molecule has 3 N–H and O–H groups in total. The minimum Gasteiger partial charge on any atom is -0.307 e. The number of benzene rings is 1. The molecule has 1 aromatic rings. The van der Waals surface area contributed by atoms with E-state index in [1.54, 1.807) is 12.1 Å². The van der Waals surface area contributed by atoms with Crippen LogP contribution in [0.4, 0.5) is 0 Å². The molecule has 1 fully saturated rings. The van der Waals surface area contributed by atoms with E-state index in [-0.39, 0.29) is 10.9 Å². The zero-order valence-corrected chi connectivity index (χ0v) is 12.1. The first-order chi connectivity index (χ1) is 8.97. The molecule has 1 aliphatic rings. The van der Waals surface area contributed by atoms with Gasteiger partial charge in [0.15, 0.2) is 0 Å². The van der Waals surface area contributed by atoms with Crippen LogP contribution in [0.1, 0.15) is 50.6 Å². The molecular formula is C14H22N2O2S. The first-order valence-corrected chi connectivity index (χ1v) is 8.40. The maximum Gasteiger partial charge on any atom is 0.238 e. The Morgan fingerprint density at radius 1 is 1.26 bits per heavy atom. The van der Waals surface area contributed by atoms with Crippen molar-refractivity contribution in [3.8, 4) is 0 Å². The third-order valence-corrected chi connectivity index (χ3v) is 4.69. The van der Waals surface area contributed by atoms with Crippen LogP contribution in [0.25, 0.3) is 0 Å². The van der Waals surface area contributed by atoms with Crippen LogP contribution in [0, 0.1) is 0 Å². The van der Waals surface area contributed by atoms with Crippen LogP contribution in [0.5, 0.6) is 0 Å². The topological polar surface area (TPSA) is 72.2 Å². The predicted molar refractivity (Wildman–Crippen MR) is 76.2 cm³/mol. The molecular weight excluding hydrogens is 260 g/mol. The van der Waals surface area contributed by atoms with Gasteiger partial charge in [0.05, 0.1) is 4.90 Å². The van der Waals surface area contributed by atoms with E-state index in [1.165, 1.54) is 38.2 Å². The third-order valence-electron chi connectivity index (χ3n) is 3.78. The Balaban J connectivity index is 2.08. The summed E-state index contributed by atoms with van der Waals surface area (Å²) < 4.78 is 22.7. The van der Waals surface area contributed by atoms with Gasteiger partial charge in [-0.2, -0.15) is 0 Å². The molecule has 0 aliphatic heterocycles. The van der Waals surface area contributed by atoms with Crippen LogP contribution >= 0.6 is 0 Å². The van der Waals surface area contributed by atoms with Gasteiger partial charge in [0, 0.05) is 12.1 Å². The van der Waals surface area contributed by atoms with E-state index in [9.17, 15) is 8.42 Å². The first-order valence-electron chi connectivity index (χ1n) is 6.85. The van der Waals surface area contributed by atoms with Gasteiger partial charge < -0.3 is 5.32 Å². The monoisotopic (exact) mass is 282 g/mol. The lowest BCUT2D eigenvalue weighted by molar-refractivity contribution is 0.347. The van der Waals surface area contributed by atoms with Crippen molar-refractivity contribution in [1.82, 2.24) is 5.32 Å². The van der Waals surface area contributed by atoms with E-state index in [1.807, 2.05) is 6.07 Å². The van der Waals surface area contributed by atoms with Gasteiger partial charge in [-0.1, -0.05) is 31.4 Å². The quantitative estimate of drug-likeness (QED) is 0.890. The standard InChI is InChI=1S/C14H22N2O2S/c1-11(16-13-7-3-2-4-8-13)12-6-5-9-14(10-12)19(15,17)18/h5-6,9-11,13,16H,2-4,7-8H2,1H3,(H2,15,17,18). The fourth-order valence-corrected chi connectivity index (χ4v) is 3.25. The molecule has 1 aliphatic carbocycles. The molecule has 106 valence electrons. The molecule has 1 aromatic carbocycles. The Bertz CT molecular complexity index is 522. The normalized spacial score (nSPS) is 19.3. The zero-order valence-electron chi connectivity index (χ0n) is 11.3. The number of nitrogens with two attached hydrogens (primary N) is 1. The maximum atomic E-state index is 11.4. The molecule has 19 heavy (non-hydrogen) atoms. The number of hydrogen-bond acceptors (Lipinski definition) is 3. The summed E-state index contributed by atoms with van der Waals surface area (Å²) in [4.78, 5) is 0.183. The second-order valence-electron chi connectivity index (χ2n) is 5.34. The molecule has 0 bridgehead atoms. The van der Waals surface area contributed by atoms with Crippen LogP contribution in [-0.4, -0.2) is 14.5 Å². The second kappa shape index (κ2) is 6.03. The molecule has 0 aromatic heterocycles. The zero-order chi connectivity index (χ0) is 13.9. The Hall–Kier alpha value is -0.910. The van der Waals surface area contributed by atoms with Crippen LogP contribution in [-0.2, 0) is 10.0 Å². The molecule has 0 heterocycles. The summed E-state index contributed by atoms with van der Waals surface area (Å²) >= 11 is 0. The number of hydrogen-bond donors (Lipinski definition) is 2. The fraction of sp³-hybridized carbons (Fsp3) is 0.571. The number of rotatable bonds is 4. The highest BCUT2D eigenvalue weighted by Gasteiger charge is 2.17. The molecule has 1 unspecified atom stereocenters. The van der Waals surface area contributed by atoms with E-state index in [0.29, 0.717) is 6.04 Å². The molecule has 5 heteroatoms. The molecule has 0 radical (unpaired) electrons. The summed E-state index contributed by atoms with van der Waals surface area (Å²) in [5.41, 5.74) is 0.970. The van der Waals surface area contributed by atoms with Gasteiger partial charge in [-0.3, -0.25) is 0 Å². The van der Waals surface area contributed by atoms with Gasteiger partial charge in [-0.05, 0) is 37.5 Å². The van der Waals surface area contributed by atoms with Gasteiger partial charge >= 0.3 is 0 Å². The van der Waals surface area contributed by atoms with Crippen LogP contribution in [0.2, 0.25) is 0 Å². The molecule has 1 saturated carbocycles. The highest BCUT2D eigenvalue weighted by molar-refractivity contribution is 7.89. The summed E-state index contributed by atoms with van der Waals surface area (Å²) in [5, 5.41) is 8.74. The van der Waals surface area contributed by atoms with E-state index < -0.39 is 10.0 Å². The van der Waals surface area contributed by atoms with Gasteiger partial charge in [0.25, 0.3) is 0 Å². The Morgan fingerprint density at radius 2 is 1.95 bits per heavy atom. The van der Waals surface area contributed by atoms with E-state index in [0.717, 1.165) is 5.56 Å². The largest absolute Gasteiger partial charge is 0.307 e. The predicted octanol–water partition coefficient (Wildman–Crippen LogP) is 2.32. The van der Waals surface area contributed by atoms with Crippen molar-refractivity contribution < 1.29 is 8.42 Å². The SMILES string of the molecule is CC(NC1CCCCC1)c1cccc(S(N)(=O)=O)c1. The van der Waals surface area contributed by atoms with Crippen molar-refractivity contribution in [3.05, 3.63) is 29.8 Å². The van der Waals surface area contributed by atoms with Crippen LogP contribution in [0.15, 0.2) is 29.2 Å². The fourth-order valence-electron chi connectivity index (χ4n) is 2.68. The lowest BCUT2D eigenvalue weighted by Gasteiger charge is -2.27. The molecule has 1 atom stereocenters. The summed E-state index contributed by atoms with van der Waals surface area (Å²) in [7, 11) is -3.62. The van der Waals surface area contributed by atoms with Gasteiger partial charge in [-0.25, -0.2) is 13.6 Å². The van der Waals surface area contributed by atoms with Crippen molar-refractivity contribution in [1.29, 1.82) is 0 Å². The Labute approximate surface area is 115 Å². The minimum absolute atomic E-state index is 0.143. The third kappa shape index (κ3) is 4.03. The Morgan fingerprint density at radius 3 is 2.58 bits per heavy atom. The molecule has 0 amide bonds. The Kier molecular flexibility index (Phi) is 4.60. The van der Waals surface area contributed by atoms with E-state index in [2.05, 4.69) is 12.2 Å². The highest BCUT2D eigenvalue weighted by Crippen LogP contribution is 2.22. The summed E-state index contributed by atoms with van der Waals surface area (Å²) in [6.45, 7) is 2.07. The van der Waals surface area contributed by atoms with E-state index >= 15 is 0 Å².